The molecular formula is C12H20BrNO. The van der Waals surface area contributed by atoms with Gasteiger partial charge in [0.1, 0.15) is 0 Å². The highest BCUT2D eigenvalue weighted by Gasteiger charge is 2.39. The molecule has 0 aromatic heterocycles. The molecule has 1 unspecified atom stereocenters. The van der Waals surface area contributed by atoms with Gasteiger partial charge in [-0.25, -0.2) is 0 Å². The largest absolute Gasteiger partial charge is 0.375 e. The summed E-state index contributed by atoms with van der Waals surface area (Å²) < 4.78 is 7.03. The first-order chi connectivity index (χ1) is 7.20. The van der Waals surface area contributed by atoms with Crippen LogP contribution in [-0.4, -0.2) is 24.8 Å². The van der Waals surface area contributed by atoms with Gasteiger partial charge in [-0.3, -0.25) is 0 Å². The maximum atomic E-state index is 5.99. The van der Waals surface area contributed by atoms with Crippen molar-refractivity contribution < 1.29 is 4.74 Å². The molecule has 2 aliphatic rings. The minimum absolute atomic E-state index is 0.226. The maximum absolute atomic E-state index is 5.99. The SMILES string of the molecule is C=C(Br)CNC1CCOC2(CCCC2)C1. The van der Waals surface area contributed by atoms with Crippen molar-refractivity contribution in [2.24, 2.45) is 0 Å². The number of hydrogen-bond donors (Lipinski definition) is 1. The van der Waals surface area contributed by atoms with E-state index in [1.54, 1.807) is 0 Å². The molecule has 1 aliphatic carbocycles. The van der Waals surface area contributed by atoms with Crippen LogP contribution in [0.25, 0.3) is 0 Å². The molecule has 2 fully saturated rings. The van der Waals surface area contributed by atoms with E-state index in [0.29, 0.717) is 6.04 Å². The van der Waals surface area contributed by atoms with Gasteiger partial charge in [0.15, 0.2) is 0 Å². The molecule has 1 saturated heterocycles. The lowest BCUT2D eigenvalue weighted by atomic mass is 9.89. The number of hydrogen-bond acceptors (Lipinski definition) is 2. The smallest absolute Gasteiger partial charge is 0.0697 e. The predicted molar refractivity (Wildman–Crippen MR) is 66.2 cm³/mol. The lowest BCUT2D eigenvalue weighted by Gasteiger charge is -2.38. The van der Waals surface area contributed by atoms with E-state index in [4.69, 9.17) is 4.74 Å². The molecule has 0 aromatic carbocycles. The third-order valence-electron chi connectivity index (χ3n) is 3.59. The number of halogens is 1. The molecule has 1 N–H and O–H groups in total. The molecule has 2 nitrogen and oxygen atoms in total. The van der Waals surface area contributed by atoms with Gasteiger partial charge in [0.25, 0.3) is 0 Å². The number of ether oxygens (including phenoxy) is 1. The number of rotatable bonds is 3. The van der Waals surface area contributed by atoms with Gasteiger partial charge >= 0.3 is 0 Å². The Labute approximate surface area is 101 Å². The first kappa shape index (κ1) is 11.6. The first-order valence-corrected chi connectivity index (χ1v) is 6.70. The van der Waals surface area contributed by atoms with Crippen LogP contribution in [0.1, 0.15) is 38.5 Å². The normalized spacial score (nSPS) is 29.5. The molecule has 0 amide bonds. The van der Waals surface area contributed by atoms with E-state index in [1.165, 1.54) is 32.1 Å². The van der Waals surface area contributed by atoms with E-state index >= 15 is 0 Å². The van der Waals surface area contributed by atoms with Crippen LogP contribution in [0, 0.1) is 0 Å². The van der Waals surface area contributed by atoms with Gasteiger partial charge in [0.2, 0.25) is 0 Å². The fraction of sp³-hybridized carbons (Fsp3) is 0.833. The highest BCUT2D eigenvalue weighted by atomic mass is 79.9. The molecule has 1 heterocycles. The summed E-state index contributed by atoms with van der Waals surface area (Å²) in [4.78, 5) is 0. The quantitative estimate of drug-likeness (QED) is 0.854. The summed E-state index contributed by atoms with van der Waals surface area (Å²) in [5, 5.41) is 3.55. The Balaban J connectivity index is 1.84. The third-order valence-corrected chi connectivity index (χ3v) is 3.87. The zero-order chi connectivity index (χ0) is 10.7. The van der Waals surface area contributed by atoms with E-state index < -0.39 is 0 Å². The van der Waals surface area contributed by atoms with Crippen molar-refractivity contribution in [3.05, 3.63) is 11.1 Å². The van der Waals surface area contributed by atoms with Gasteiger partial charge in [-0.05, 0) is 25.7 Å². The summed E-state index contributed by atoms with van der Waals surface area (Å²) in [5.41, 5.74) is 0.226. The van der Waals surface area contributed by atoms with Gasteiger partial charge in [0, 0.05) is 23.7 Å². The minimum atomic E-state index is 0.226. The Hall–Kier alpha value is 0.140. The third kappa shape index (κ3) is 3.05. The van der Waals surface area contributed by atoms with Crippen LogP contribution < -0.4 is 5.32 Å². The highest BCUT2D eigenvalue weighted by Crippen LogP contribution is 2.39. The van der Waals surface area contributed by atoms with Crippen LogP contribution in [0.5, 0.6) is 0 Å². The fourth-order valence-electron chi connectivity index (χ4n) is 2.82. The Morgan fingerprint density at radius 1 is 1.47 bits per heavy atom. The van der Waals surface area contributed by atoms with Crippen molar-refractivity contribution in [1.29, 1.82) is 0 Å². The second-order valence-corrected chi connectivity index (χ2v) is 5.95. The van der Waals surface area contributed by atoms with E-state index in [1.807, 2.05) is 0 Å². The second kappa shape index (κ2) is 4.98. The van der Waals surface area contributed by atoms with Crippen molar-refractivity contribution in [3.63, 3.8) is 0 Å². The Bertz CT molecular complexity index is 236. The van der Waals surface area contributed by atoms with Crippen LogP contribution in [0.3, 0.4) is 0 Å². The van der Waals surface area contributed by atoms with Crippen LogP contribution in [0.15, 0.2) is 11.1 Å². The molecule has 0 radical (unpaired) electrons. The monoisotopic (exact) mass is 273 g/mol. The molecule has 1 spiro atoms. The minimum Gasteiger partial charge on any atom is -0.375 e. The summed E-state index contributed by atoms with van der Waals surface area (Å²) >= 11 is 3.39. The van der Waals surface area contributed by atoms with Crippen LogP contribution in [-0.2, 0) is 4.74 Å². The molecule has 1 saturated carbocycles. The molecule has 0 bridgehead atoms. The van der Waals surface area contributed by atoms with E-state index in [-0.39, 0.29) is 5.60 Å². The number of nitrogens with one attached hydrogen (secondary N) is 1. The zero-order valence-corrected chi connectivity index (χ0v) is 10.8. The maximum Gasteiger partial charge on any atom is 0.0697 e. The summed E-state index contributed by atoms with van der Waals surface area (Å²) in [5.74, 6) is 0. The standard InChI is InChI=1S/C12H20BrNO/c1-10(13)9-14-11-4-7-15-12(8-11)5-2-3-6-12/h11,14H,1-9H2. The Kier molecular flexibility index (Phi) is 3.86. The molecule has 1 aliphatic heterocycles. The van der Waals surface area contributed by atoms with E-state index in [2.05, 4.69) is 27.8 Å². The first-order valence-electron chi connectivity index (χ1n) is 5.91. The molecule has 0 aromatic rings. The van der Waals surface area contributed by atoms with Crippen molar-refractivity contribution >= 4 is 15.9 Å². The summed E-state index contributed by atoms with van der Waals surface area (Å²) in [6.07, 6.45) is 7.55. The topological polar surface area (TPSA) is 21.3 Å². The predicted octanol–water partition coefficient (Wildman–Crippen LogP) is 2.98. The molecular weight excluding hydrogens is 254 g/mol. The van der Waals surface area contributed by atoms with Gasteiger partial charge in [0.05, 0.1) is 5.60 Å². The van der Waals surface area contributed by atoms with Gasteiger partial charge in [-0.15, -0.1) is 0 Å². The summed E-state index contributed by atoms with van der Waals surface area (Å²) in [7, 11) is 0. The van der Waals surface area contributed by atoms with E-state index in [9.17, 15) is 0 Å². The molecule has 15 heavy (non-hydrogen) atoms. The molecule has 1 atom stereocenters. The van der Waals surface area contributed by atoms with Crippen molar-refractivity contribution in [2.45, 2.75) is 50.2 Å². The summed E-state index contributed by atoms with van der Waals surface area (Å²) in [6.45, 7) is 5.65. The van der Waals surface area contributed by atoms with Crippen molar-refractivity contribution in [2.75, 3.05) is 13.2 Å². The lowest BCUT2D eigenvalue weighted by Crippen LogP contribution is -2.45. The molecule has 3 heteroatoms. The van der Waals surface area contributed by atoms with Gasteiger partial charge in [-0.1, -0.05) is 35.4 Å². The van der Waals surface area contributed by atoms with Crippen LogP contribution in [0.4, 0.5) is 0 Å². The van der Waals surface area contributed by atoms with Crippen molar-refractivity contribution in [3.8, 4) is 0 Å². The molecule has 86 valence electrons. The van der Waals surface area contributed by atoms with E-state index in [0.717, 1.165) is 24.1 Å². The average Bonchev–Trinajstić information content (AvgIpc) is 2.63. The molecule has 2 rings (SSSR count). The van der Waals surface area contributed by atoms with Crippen LogP contribution >= 0.6 is 15.9 Å². The van der Waals surface area contributed by atoms with Crippen LogP contribution in [0.2, 0.25) is 0 Å². The Morgan fingerprint density at radius 3 is 2.87 bits per heavy atom. The fourth-order valence-corrected chi connectivity index (χ4v) is 2.99. The Morgan fingerprint density at radius 2 is 2.20 bits per heavy atom. The second-order valence-electron chi connectivity index (χ2n) is 4.83. The highest BCUT2D eigenvalue weighted by molar-refractivity contribution is 9.11. The summed E-state index contributed by atoms with van der Waals surface area (Å²) in [6, 6.07) is 0.617. The van der Waals surface area contributed by atoms with Gasteiger partial charge < -0.3 is 10.1 Å². The zero-order valence-electron chi connectivity index (χ0n) is 9.23. The van der Waals surface area contributed by atoms with Gasteiger partial charge in [-0.2, -0.15) is 0 Å². The average molecular weight is 274 g/mol. The lowest BCUT2D eigenvalue weighted by molar-refractivity contribution is -0.0832. The van der Waals surface area contributed by atoms with Crippen molar-refractivity contribution in [1.82, 2.24) is 5.32 Å².